The maximum Gasteiger partial charge on any atom is 0.250 e. The van der Waals surface area contributed by atoms with Gasteiger partial charge in [0, 0.05) is 41.8 Å². The summed E-state index contributed by atoms with van der Waals surface area (Å²) >= 11 is 5.90. The molecule has 1 aliphatic rings. The van der Waals surface area contributed by atoms with Crippen molar-refractivity contribution >= 4 is 34.6 Å². The molecule has 7 nitrogen and oxygen atoms in total. The van der Waals surface area contributed by atoms with Crippen LogP contribution >= 0.6 is 12.2 Å². The second-order valence-corrected chi connectivity index (χ2v) is 10.0. The Kier molecular flexibility index (Phi) is 7.45. The van der Waals surface area contributed by atoms with E-state index in [0.29, 0.717) is 10.8 Å². The summed E-state index contributed by atoms with van der Waals surface area (Å²) < 4.78 is 20.7. The van der Waals surface area contributed by atoms with Gasteiger partial charge in [0.1, 0.15) is 12.4 Å². The molecule has 1 aliphatic heterocycles. The smallest absolute Gasteiger partial charge is 0.250 e. The van der Waals surface area contributed by atoms with E-state index in [-0.39, 0.29) is 30.4 Å². The summed E-state index contributed by atoms with van der Waals surface area (Å²) in [4.78, 5) is 18.9. The number of pyridine rings is 1. The molecule has 0 bridgehead atoms. The Morgan fingerprint density at radius 3 is 2.49 bits per heavy atom. The maximum absolute atomic E-state index is 13.7. The molecule has 1 amide bonds. The fourth-order valence-electron chi connectivity index (χ4n) is 5.28. The Hall–Kier alpha value is -4.08. The van der Waals surface area contributed by atoms with Crippen LogP contribution in [-0.4, -0.2) is 34.3 Å². The summed E-state index contributed by atoms with van der Waals surface area (Å²) in [6.45, 7) is 6.05. The standard InChI is InChI=1S/C30H30FN5O2S/c1-18-15-23(12-13-25(18)33-27(37)17-38-4)36-29(28(34-30(36)39)26-7-5-6-14-32-26)24-16-19(2)35(20(24)3)22-10-8-21(31)9-11-22/h5-16,28-29H,17H2,1-4H3,(H,33,37)(H,34,39)/t28-,29+/m0/s1. The van der Waals surface area contributed by atoms with Crippen LogP contribution < -0.4 is 15.5 Å². The second kappa shape index (κ2) is 11.0. The predicted molar refractivity (Wildman–Crippen MR) is 155 cm³/mol. The normalized spacial score (nSPS) is 16.8. The van der Waals surface area contributed by atoms with E-state index < -0.39 is 0 Å². The zero-order chi connectivity index (χ0) is 27.7. The third-order valence-corrected chi connectivity index (χ3v) is 7.32. The number of aryl methyl sites for hydroxylation is 2. The van der Waals surface area contributed by atoms with Crippen LogP contribution in [0.2, 0.25) is 0 Å². The molecule has 2 atom stereocenters. The molecule has 0 aliphatic carbocycles. The minimum atomic E-state index is -0.273. The summed E-state index contributed by atoms with van der Waals surface area (Å²) in [5.74, 6) is -0.488. The first kappa shape index (κ1) is 26.5. The summed E-state index contributed by atoms with van der Waals surface area (Å²) in [6.07, 6.45) is 1.78. The average molecular weight is 544 g/mol. The molecular weight excluding hydrogens is 513 g/mol. The highest BCUT2D eigenvalue weighted by Gasteiger charge is 2.42. The van der Waals surface area contributed by atoms with Crippen LogP contribution in [0.1, 0.15) is 40.3 Å². The van der Waals surface area contributed by atoms with Gasteiger partial charge in [-0.2, -0.15) is 0 Å². The van der Waals surface area contributed by atoms with Crippen LogP contribution in [0.25, 0.3) is 5.69 Å². The monoisotopic (exact) mass is 543 g/mol. The third-order valence-electron chi connectivity index (χ3n) is 7.01. The highest BCUT2D eigenvalue weighted by Crippen LogP contribution is 2.44. The van der Waals surface area contributed by atoms with Crippen molar-refractivity contribution in [2.75, 3.05) is 23.9 Å². The van der Waals surface area contributed by atoms with Crippen LogP contribution in [0.4, 0.5) is 15.8 Å². The number of aromatic nitrogens is 2. The molecule has 1 fully saturated rings. The number of carbonyl (C=O) groups excluding carboxylic acids is 1. The van der Waals surface area contributed by atoms with E-state index in [1.165, 1.54) is 19.2 Å². The van der Waals surface area contributed by atoms with E-state index in [1.54, 1.807) is 18.3 Å². The van der Waals surface area contributed by atoms with E-state index >= 15 is 0 Å². The second-order valence-electron chi connectivity index (χ2n) is 9.62. The van der Waals surface area contributed by atoms with E-state index in [1.807, 2.05) is 50.2 Å². The highest BCUT2D eigenvalue weighted by molar-refractivity contribution is 7.80. The lowest BCUT2D eigenvalue weighted by molar-refractivity contribution is -0.119. The van der Waals surface area contributed by atoms with Crippen LogP contribution in [0.3, 0.4) is 0 Å². The number of halogens is 1. The fraction of sp³-hybridized carbons (Fsp3) is 0.233. The van der Waals surface area contributed by atoms with Crippen LogP contribution in [0, 0.1) is 26.6 Å². The number of rotatable bonds is 7. The number of hydrogen-bond acceptors (Lipinski definition) is 4. The van der Waals surface area contributed by atoms with Crippen molar-refractivity contribution in [3.8, 4) is 5.69 Å². The van der Waals surface area contributed by atoms with Gasteiger partial charge in [-0.3, -0.25) is 9.78 Å². The molecular formula is C30H30FN5O2S. The number of thiocarbonyl (C=S) groups is 1. The van der Waals surface area contributed by atoms with Crippen molar-refractivity contribution in [3.05, 3.63) is 107 Å². The number of nitrogens with one attached hydrogen (secondary N) is 2. The zero-order valence-electron chi connectivity index (χ0n) is 22.2. The topological polar surface area (TPSA) is 71.4 Å². The van der Waals surface area contributed by atoms with Crippen molar-refractivity contribution in [2.45, 2.75) is 32.9 Å². The Bertz CT molecular complexity index is 1520. The number of ether oxygens (including phenoxy) is 1. The number of anilines is 2. The lowest BCUT2D eigenvalue weighted by atomic mass is 9.96. The predicted octanol–water partition coefficient (Wildman–Crippen LogP) is 5.70. The highest BCUT2D eigenvalue weighted by atomic mass is 32.1. The summed E-state index contributed by atoms with van der Waals surface area (Å²) in [7, 11) is 1.49. The van der Waals surface area contributed by atoms with Gasteiger partial charge < -0.3 is 24.8 Å². The van der Waals surface area contributed by atoms with Gasteiger partial charge in [-0.1, -0.05) is 6.07 Å². The first-order valence-electron chi connectivity index (χ1n) is 12.6. The summed E-state index contributed by atoms with van der Waals surface area (Å²) in [6, 6.07) is 20.0. The fourth-order valence-corrected chi connectivity index (χ4v) is 5.62. The van der Waals surface area contributed by atoms with Gasteiger partial charge in [0.25, 0.3) is 0 Å². The number of nitrogens with zero attached hydrogens (tertiary/aromatic N) is 3. The van der Waals surface area contributed by atoms with Gasteiger partial charge >= 0.3 is 0 Å². The Labute approximate surface area is 232 Å². The van der Waals surface area contributed by atoms with E-state index in [0.717, 1.165) is 39.6 Å². The number of amides is 1. The molecule has 2 aromatic carbocycles. The van der Waals surface area contributed by atoms with E-state index in [2.05, 4.69) is 38.1 Å². The molecule has 0 radical (unpaired) electrons. The molecule has 5 rings (SSSR count). The van der Waals surface area contributed by atoms with Crippen molar-refractivity contribution in [2.24, 2.45) is 0 Å². The van der Waals surface area contributed by atoms with Gasteiger partial charge in [0.15, 0.2) is 5.11 Å². The molecule has 0 spiro atoms. The van der Waals surface area contributed by atoms with Gasteiger partial charge in [-0.25, -0.2) is 4.39 Å². The van der Waals surface area contributed by atoms with Crippen LogP contribution in [0.15, 0.2) is 72.9 Å². The number of benzene rings is 2. The maximum atomic E-state index is 13.7. The average Bonchev–Trinajstić information content (AvgIpc) is 3.41. The molecule has 3 heterocycles. The largest absolute Gasteiger partial charge is 0.375 e. The Morgan fingerprint density at radius 1 is 1.08 bits per heavy atom. The number of methoxy groups -OCH3 is 1. The Balaban J connectivity index is 1.60. The molecule has 2 N–H and O–H groups in total. The van der Waals surface area contributed by atoms with Gasteiger partial charge in [-0.05, 0) is 105 Å². The minimum absolute atomic E-state index is 0.0151. The first-order chi connectivity index (χ1) is 18.8. The van der Waals surface area contributed by atoms with Crippen LogP contribution in [-0.2, 0) is 9.53 Å². The molecule has 200 valence electrons. The quantitative estimate of drug-likeness (QED) is 0.292. The summed E-state index contributed by atoms with van der Waals surface area (Å²) in [5, 5.41) is 6.97. The minimum Gasteiger partial charge on any atom is -0.375 e. The molecule has 4 aromatic rings. The van der Waals surface area contributed by atoms with Crippen LogP contribution in [0.5, 0.6) is 0 Å². The summed E-state index contributed by atoms with van der Waals surface area (Å²) in [5.41, 5.74) is 7.40. The van der Waals surface area contributed by atoms with Gasteiger partial charge in [0.05, 0.1) is 17.8 Å². The van der Waals surface area contributed by atoms with Crippen molar-refractivity contribution in [1.29, 1.82) is 0 Å². The van der Waals surface area contributed by atoms with E-state index in [9.17, 15) is 9.18 Å². The van der Waals surface area contributed by atoms with Crippen molar-refractivity contribution in [1.82, 2.24) is 14.9 Å². The lowest BCUT2D eigenvalue weighted by Gasteiger charge is -2.29. The van der Waals surface area contributed by atoms with Crippen molar-refractivity contribution < 1.29 is 13.9 Å². The zero-order valence-corrected chi connectivity index (χ0v) is 23.1. The SMILES string of the molecule is COCC(=O)Nc1ccc(N2C(=S)N[C@@H](c3ccccn3)[C@H]2c2cc(C)n(-c3ccc(F)cc3)c2C)cc1C. The molecule has 9 heteroatoms. The molecule has 2 aromatic heterocycles. The van der Waals surface area contributed by atoms with Gasteiger partial charge in [-0.15, -0.1) is 0 Å². The molecule has 0 saturated carbocycles. The molecule has 1 saturated heterocycles. The molecule has 0 unspecified atom stereocenters. The Morgan fingerprint density at radius 2 is 1.82 bits per heavy atom. The van der Waals surface area contributed by atoms with Crippen molar-refractivity contribution in [3.63, 3.8) is 0 Å². The number of hydrogen-bond donors (Lipinski definition) is 2. The third kappa shape index (κ3) is 5.15. The lowest BCUT2D eigenvalue weighted by Crippen LogP contribution is -2.29. The van der Waals surface area contributed by atoms with Gasteiger partial charge in [0.2, 0.25) is 5.91 Å². The first-order valence-corrected chi connectivity index (χ1v) is 13.0. The number of carbonyl (C=O) groups is 1. The van der Waals surface area contributed by atoms with E-state index in [4.69, 9.17) is 17.0 Å². The molecule has 39 heavy (non-hydrogen) atoms.